The van der Waals surface area contributed by atoms with E-state index >= 15 is 0 Å². The van der Waals surface area contributed by atoms with Gasteiger partial charge in [0, 0.05) is 12.0 Å². The summed E-state index contributed by atoms with van der Waals surface area (Å²) in [5, 5.41) is 11.5. The number of rotatable bonds is 5. The van der Waals surface area contributed by atoms with Crippen LogP contribution in [0.5, 0.6) is 0 Å². The molecule has 1 N–H and O–H groups in total. The number of aromatic nitrogens is 2. The van der Waals surface area contributed by atoms with Gasteiger partial charge in [0.05, 0.1) is 5.56 Å². The summed E-state index contributed by atoms with van der Waals surface area (Å²) in [6.07, 6.45) is -3.03. The van der Waals surface area contributed by atoms with Gasteiger partial charge in [0.25, 0.3) is 0 Å². The van der Waals surface area contributed by atoms with Crippen molar-refractivity contribution < 1.29 is 17.6 Å². The third-order valence-corrected chi connectivity index (χ3v) is 3.82. The van der Waals surface area contributed by atoms with E-state index in [0.29, 0.717) is 17.5 Å². The highest BCUT2D eigenvalue weighted by molar-refractivity contribution is 7.14. The van der Waals surface area contributed by atoms with E-state index in [9.17, 15) is 17.6 Å². The number of halogens is 4. The van der Waals surface area contributed by atoms with Gasteiger partial charge < -0.3 is 5.32 Å². The normalized spacial score (nSPS) is 11.9. The van der Waals surface area contributed by atoms with Gasteiger partial charge in [-0.2, -0.15) is 13.2 Å². The highest BCUT2D eigenvalue weighted by Gasteiger charge is 2.31. The summed E-state index contributed by atoms with van der Waals surface area (Å²) in [6, 6.07) is 2.29. The first-order valence-corrected chi connectivity index (χ1v) is 7.07. The lowest BCUT2D eigenvalue weighted by Crippen LogP contribution is -2.08. The quantitative estimate of drug-likeness (QED) is 0.677. The molecule has 2 aromatic rings. The second-order valence-corrected chi connectivity index (χ2v) is 5.46. The first kappa shape index (κ1) is 15.8. The molecule has 1 heterocycles. The number of nitrogens with one attached hydrogen (secondary N) is 1. The molecule has 0 fully saturated rings. The summed E-state index contributed by atoms with van der Waals surface area (Å²) >= 11 is 1.11. The molecule has 0 unspecified atom stereocenters. The molecule has 21 heavy (non-hydrogen) atoms. The van der Waals surface area contributed by atoms with Crippen LogP contribution in [0, 0.1) is 5.82 Å². The molecule has 0 aliphatic rings. The topological polar surface area (TPSA) is 37.8 Å². The Morgan fingerprint density at radius 3 is 2.67 bits per heavy atom. The molecule has 0 atom stereocenters. The predicted molar refractivity (Wildman–Crippen MR) is 72.6 cm³/mol. The number of hydrogen-bond acceptors (Lipinski definition) is 4. The second-order valence-electron chi connectivity index (χ2n) is 4.40. The molecular formula is C13H13F4N3S. The van der Waals surface area contributed by atoms with Crippen molar-refractivity contribution in [3.05, 3.63) is 34.6 Å². The molecule has 0 aliphatic carbocycles. The Hall–Kier alpha value is -1.54. The average molecular weight is 319 g/mol. The molecule has 0 saturated heterocycles. The molecule has 0 saturated carbocycles. The van der Waals surface area contributed by atoms with Crippen LogP contribution < -0.4 is 5.32 Å². The first-order chi connectivity index (χ1) is 9.91. The van der Waals surface area contributed by atoms with E-state index in [-0.39, 0.29) is 10.6 Å². The molecule has 0 spiro atoms. The summed E-state index contributed by atoms with van der Waals surface area (Å²) < 4.78 is 51.7. The number of benzene rings is 1. The first-order valence-electron chi connectivity index (χ1n) is 6.26. The van der Waals surface area contributed by atoms with Crippen LogP contribution in [-0.4, -0.2) is 23.8 Å². The minimum Gasteiger partial charge on any atom is -0.320 e. The Morgan fingerprint density at radius 1 is 1.24 bits per heavy atom. The molecule has 1 aromatic heterocycles. The summed E-state index contributed by atoms with van der Waals surface area (Å²) in [5.74, 6) is -0.735. The maximum atomic E-state index is 13.7. The van der Waals surface area contributed by atoms with Crippen LogP contribution in [0.1, 0.15) is 17.0 Å². The zero-order valence-corrected chi connectivity index (χ0v) is 12.0. The molecule has 114 valence electrons. The standard InChI is InChI=1S/C13H13F4N3S/c1-18-6-2-3-11-19-20-12(21-11)9-7-8(13(15,16)17)4-5-10(9)14/h4-5,7,18H,2-3,6H2,1H3. The van der Waals surface area contributed by atoms with E-state index in [1.54, 1.807) is 0 Å². The highest BCUT2D eigenvalue weighted by atomic mass is 32.1. The van der Waals surface area contributed by atoms with Crippen molar-refractivity contribution in [3.63, 3.8) is 0 Å². The molecule has 0 radical (unpaired) electrons. The Bertz CT molecular complexity index is 610. The number of aryl methyl sites for hydroxylation is 1. The fraction of sp³-hybridized carbons (Fsp3) is 0.385. The second kappa shape index (κ2) is 6.48. The molecule has 3 nitrogen and oxygen atoms in total. The van der Waals surface area contributed by atoms with Gasteiger partial charge in [-0.15, -0.1) is 10.2 Å². The lowest BCUT2D eigenvalue weighted by Gasteiger charge is -2.07. The van der Waals surface area contributed by atoms with Crippen molar-refractivity contribution in [2.75, 3.05) is 13.6 Å². The molecular weight excluding hydrogens is 306 g/mol. The van der Waals surface area contributed by atoms with Gasteiger partial charge in [-0.1, -0.05) is 11.3 Å². The van der Waals surface area contributed by atoms with E-state index in [0.717, 1.165) is 36.4 Å². The van der Waals surface area contributed by atoms with Crippen LogP contribution in [-0.2, 0) is 12.6 Å². The molecule has 8 heteroatoms. The summed E-state index contributed by atoms with van der Waals surface area (Å²) in [4.78, 5) is 0. The van der Waals surface area contributed by atoms with Gasteiger partial charge in [0.2, 0.25) is 0 Å². The molecule has 0 amide bonds. The van der Waals surface area contributed by atoms with Gasteiger partial charge in [-0.25, -0.2) is 4.39 Å². The van der Waals surface area contributed by atoms with E-state index in [2.05, 4.69) is 15.5 Å². The molecule has 2 rings (SSSR count). The smallest absolute Gasteiger partial charge is 0.320 e. The minimum absolute atomic E-state index is 0.165. The van der Waals surface area contributed by atoms with Crippen LogP contribution in [0.15, 0.2) is 18.2 Å². The van der Waals surface area contributed by atoms with Crippen molar-refractivity contribution in [1.82, 2.24) is 15.5 Å². The molecule has 0 aliphatic heterocycles. The number of alkyl halides is 3. The van der Waals surface area contributed by atoms with E-state index in [1.165, 1.54) is 0 Å². The minimum atomic E-state index is -4.51. The van der Waals surface area contributed by atoms with E-state index in [1.807, 2.05) is 7.05 Å². The van der Waals surface area contributed by atoms with Crippen molar-refractivity contribution in [1.29, 1.82) is 0 Å². The predicted octanol–water partition coefficient (Wildman–Crippen LogP) is 3.52. The van der Waals surface area contributed by atoms with Crippen molar-refractivity contribution >= 4 is 11.3 Å². The van der Waals surface area contributed by atoms with Gasteiger partial charge in [0.15, 0.2) is 5.01 Å². The maximum absolute atomic E-state index is 13.7. The van der Waals surface area contributed by atoms with Crippen molar-refractivity contribution in [3.8, 4) is 10.6 Å². The van der Waals surface area contributed by atoms with Crippen LogP contribution in [0.2, 0.25) is 0 Å². The SMILES string of the molecule is CNCCCc1nnc(-c2cc(C(F)(F)F)ccc2F)s1. The third kappa shape index (κ3) is 3.98. The van der Waals surface area contributed by atoms with Crippen LogP contribution >= 0.6 is 11.3 Å². The summed E-state index contributed by atoms with van der Waals surface area (Å²) in [6.45, 7) is 0.798. The number of nitrogens with zero attached hydrogens (tertiary/aromatic N) is 2. The van der Waals surface area contributed by atoms with Crippen LogP contribution in [0.4, 0.5) is 17.6 Å². The van der Waals surface area contributed by atoms with Gasteiger partial charge >= 0.3 is 6.18 Å². The van der Waals surface area contributed by atoms with E-state index in [4.69, 9.17) is 0 Å². The Balaban J connectivity index is 2.25. The largest absolute Gasteiger partial charge is 0.416 e. The average Bonchev–Trinajstić information content (AvgIpc) is 2.87. The Morgan fingerprint density at radius 2 is 2.00 bits per heavy atom. The van der Waals surface area contributed by atoms with Gasteiger partial charge in [-0.05, 0) is 38.2 Å². The fourth-order valence-electron chi connectivity index (χ4n) is 1.75. The van der Waals surface area contributed by atoms with Crippen LogP contribution in [0.3, 0.4) is 0 Å². The summed E-state index contributed by atoms with van der Waals surface area (Å²) in [7, 11) is 1.82. The maximum Gasteiger partial charge on any atom is 0.416 e. The van der Waals surface area contributed by atoms with Gasteiger partial charge in [0.1, 0.15) is 10.8 Å². The monoisotopic (exact) mass is 319 g/mol. The highest BCUT2D eigenvalue weighted by Crippen LogP contribution is 2.34. The summed E-state index contributed by atoms with van der Waals surface area (Å²) in [5.41, 5.74) is -1.06. The Kier molecular flexibility index (Phi) is 4.89. The van der Waals surface area contributed by atoms with Gasteiger partial charge in [-0.3, -0.25) is 0 Å². The number of hydrogen-bond donors (Lipinski definition) is 1. The Labute approximate surface area is 123 Å². The van der Waals surface area contributed by atoms with E-state index < -0.39 is 17.6 Å². The fourth-order valence-corrected chi connectivity index (χ4v) is 2.64. The third-order valence-electron chi connectivity index (χ3n) is 2.81. The zero-order valence-electron chi connectivity index (χ0n) is 11.2. The molecule has 1 aromatic carbocycles. The lowest BCUT2D eigenvalue weighted by atomic mass is 10.1. The van der Waals surface area contributed by atoms with Crippen molar-refractivity contribution in [2.24, 2.45) is 0 Å². The van der Waals surface area contributed by atoms with Crippen molar-refractivity contribution in [2.45, 2.75) is 19.0 Å². The van der Waals surface area contributed by atoms with Crippen LogP contribution in [0.25, 0.3) is 10.6 Å². The molecule has 0 bridgehead atoms. The zero-order chi connectivity index (χ0) is 15.5. The lowest BCUT2D eigenvalue weighted by molar-refractivity contribution is -0.137.